The van der Waals surface area contributed by atoms with Gasteiger partial charge in [-0.3, -0.25) is 9.59 Å². The van der Waals surface area contributed by atoms with Gasteiger partial charge in [-0.05, 0) is 51.5 Å². The first-order valence-corrected chi connectivity index (χ1v) is 9.56. The Morgan fingerprint density at radius 2 is 2.07 bits per heavy atom. The molecule has 1 aliphatic heterocycles. The Morgan fingerprint density at radius 3 is 2.83 bits per heavy atom. The highest BCUT2D eigenvalue weighted by Gasteiger charge is 2.21. The highest BCUT2D eigenvalue weighted by atomic mass is 16.5. The fraction of sp³-hybridized carbons (Fsp3) is 0.333. The smallest absolute Gasteiger partial charge is 0.262 e. The van der Waals surface area contributed by atoms with E-state index in [0.29, 0.717) is 22.6 Å². The lowest BCUT2D eigenvalue weighted by Gasteiger charge is -2.21. The van der Waals surface area contributed by atoms with Crippen molar-refractivity contribution in [2.24, 2.45) is 0 Å². The third kappa shape index (κ3) is 3.53. The highest BCUT2D eigenvalue weighted by molar-refractivity contribution is 6.05. The monoisotopic (exact) mass is 393 g/mol. The van der Waals surface area contributed by atoms with Gasteiger partial charge in [0.15, 0.2) is 12.3 Å². The predicted octanol–water partition coefficient (Wildman–Crippen LogP) is 3.14. The Kier molecular flexibility index (Phi) is 4.70. The maximum Gasteiger partial charge on any atom is 0.262 e. The number of ether oxygens (including phenoxy) is 1. The number of pyridine rings is 1. The molecule has 1 atom stereocenters. The summed E-state index contributed by atoms with van der Waals surface area (Å²) in [5, 5.41) is 10.9. The van der Waals surface area contributed by atoms with Crippen molar-refractivity contribution in [3.63, 3.8) is 0 Å². The quantitative estimate of drug-likeness (QED) is 0.710. The van der Waals surface area contributed by atoms with Crippen LogP contribution < -0.4 is 15.4 Å². The van der Waals surface area contributed by atoms with Crippen molar-refractivity contribution in [1.82, 2.24) is 20.1 Å². The molecule has 2 amide bonds. The van der Waals surface area contributed by atoms with Crippen molar-refractivity contribution in [3.8, 4) is 5.75 Å². The molecule has 2 N–H and O–H groups in total. The van der Waals surface area contributed by atoms with Crippen LogP contribution in [0.2, 0.25) is 0 Å². The van der Waals surface area contributed by atoms with E-state index in [1.807, 2.05) is 44.5 Å². The fourth-order valence-corrected chi connectivity index (χ4v) is 3.44. The Bertz CT molecular complexity index is 1120. The first-order chi connectivity index (χ1) is 13.8. The molecule has 1 aliphatic rings. The van der Waals surface area contributed by atoms with E-state index in [1.54, 1.807) is 18.3 Å². The molecular formula is C21H23N5O3. The minimum Gasteiger partial charge on any atom is -0.482 e. The van der Waals surface area contributed by atoms with Crippen LogP contribution in [0.3, 0.4) is 0 Å². The fourth-order valence-electron chi connectivity index (χ4n) is 3.44. The number of amides is 2. The molecule has 0 saturated carbocycles. The number of hydrogen-bond acceptors (Lipinski definition) is 5. The Balaban J connectivity index is 1.61. The Hall–Kier alpha value is -3.42. The van der Waals surface area contributed by atoms with Crippen molar-refractivity contribution in [2.45, 2.75) is 39.8 Å². The lowest BCUT2D eigenvalue weighted by atomic mass is 10.1. The normalized spacial score (nSPS) is 14.3. The molecule has 8 heteroatoms. The number of rotatable bonds is 4. The van der Waals surface area contributed by atoms with Crippen LogP contribution in [0.15, 0.2) is 30.5 Å². The summed E-state index contributed by atoms with van der Waals surface area (Å²) >= 11 is 0. The number of benzene rings is 1. The summed E-state index contributed by atoms with van der Waals surface area (Å²) in [7, 11) is 0. The SMILES string of the molecule is Cc1cc(C(=O)NC(C)c2ccc3c(c2)NC(=O)CO3)c2cnn(C(C)C)c2n1. The lowest BCUT2D eigenvalue weighted by molar-refractivity contribution is -0.118. The number of aryl methyl sites for hydroxylation is 1. The third-order valence-corrected chi connectivity index (χ3v) is 4.91. The van der Waals surface area contributed by atoms with Gasteiger partial charge in [0.2, 0.25) is 0 Å². The van der Waals surface area contributed by atoms with E-state index in [0.717, 1.165) is 16.6 Å². The third-order valence-electron chi connectivity index (χ3n) is 4.91. The molecule has 0 bridgehead atoms. The van der Waals surface area contributed by atoms with Gasteiger partial charge in [-0.15, -0.1) is 0 Å². The zero-order chi connectivity index (χ0) is 20.7. The van der Waals surface area contributed by atoms with Gasteiger partial charge >= 0.3 is 0 Å². The first kappa shape index (κ1) is 18.9. The van der Waals surface area contributed by atoms with Crippen LogP contribution in [-0.2, 0) is 4.79 Å². The summed E-state index contributed by atoms with van der Waals surface area (Å²) in [6, 6.07) is 7.15. The molecule has 0 spiro atoms. The predicted molar refractivity (Wildman–Crippen MR) is 109 cm³/mol. The number of nitrogens with zero attached hydrogens (tertiary/aromatic N) is 3. The van der Waals surface area contributed by atoms with Crippen LogP contribution in [0.1, 0.15) is 54.5 Å². The molecule has 1 aromatic carbocycles. The number of carbonyl (C=O) groups is 2. The van der Waals surface area contributed by atoms with Crippen molar-refractivity contribution in [3.05, 3.63) is 47.3 Å². The van der Waals surface area contributed by atoms with Gasteiger partial charge in [0.1, 0.15) is 5.75 Å². The molecule has 1 unspecified atom stereocenters. The number of nitrogens with one attached hydrogen (secondary N) is 2. The van der Waals surface area contributed by atoms with Crippen LogP contribution in [0.5, 0.6) is 5.75 Å². The van der Waals surface area contributed by atoms with Gasteiger partial charge in [0.05, 0.1) is 28.9 Å². The van der Waals surface area contributed by atoms with Crippen molar-refractivity contribution in [1.29, 1.82) is 0 Å². The van der Waals surface area contributed by atoms with E-state index in [-0.39, 0.29) is 30.5 Å². The maximum absolute atomic E-state index is 13.0. The van der Waals surface area contributed by atoms with Crippen LogP contribution in [0.25, 0.3) is 11.0 Å². The number of anilines is 1. The molecule has 29 heavy (non-hydrogen) atoms. The van der Waals surface area contributed by atoms with Crippen molar-refractivity contribution in [2.75, 3.05) is 11.9 Å². The first-order valence-electron chi connectivity index (χ1n) is 9.56. The van der Waals surface area contributed by atoms with E-state index < -0.39 is 0 Å². The summed E-state index contributed by atoms with van der Waals surface area (Å²) in [4.78, 5) is 29.2. The van der Waals surface area contributed by atoms with E-state index in [2.05, 4.69) is 20.7 Å². The van der Waals surface area contributed by atoms with Crippen LogP contribution in [0, 0.1) is 6.92 Å². The molecule has 0 radical (unpaired) electrons. The van der Waals surface area contributed by atoms with Gasteiger partial charge in [-0.2, -0.15) is 5.10 Å². The molecule has 0 aliphatic carbocycles. The van der Waals surface area contributed by atoms with Crippen molar-refractivity contribution >= 4 is 28.5 Å². The van der Waals surface area contributed by atoms with Gasteiger partial charge in [0, 0.05) is 11.7 Å². The van der Waals surface area contributed by atoms with E-state index >= 15 is 0 Å². The number of fused-ring (bicyclic) bond motifs is 2. The molecule has 0 fully saturated rings. The lowest BCUT2D eigenvalue weighted by Crippen LogP contribution is -2.28. The number of hydrogen-bond donors (Lipinski definition) is 2. The molecular weight excluding hydrogens is 370 g/mol. The molecule has 0 saturated heterocycles. The summed E-state index contributed by atoms with van der Waals surface area (Å²) < 4.78 is 7.20. The summed E-state index contributed by atoms with van der Waals surface area (Å²) in [5.74, 6) is 0.233. The van der Waals surface area contributed by atoms with Crippen molar-refractivity contribution < 1.29 is 14.3 Å². The van der Waals surface area contributed by atoms with Gasteiger partial charge < -0.3 is 15.4 Å². The number of carbonyl (C=O) groups excluding carboxylic acids is 2. The van der Waals surface area contributed by atoms with Gasteiger partial charge in [-0.1, -0.05) is 6.07 Å². The Labute approximate surface area is 168 Å². The average Bonchev–Trinajstić information content (AvgIpc) is 3.10. The molecule has 4 rings (SSSR count). The molecule has 150 valence electrons. The van der Waals surface area contributed by atoms with Crippen LogP contribution >= 0.6 is 0 Å². The van der Waals surface area contributed by atoms with Crippen LogP contribution in [-0.4, -0.2) is 33.2 Å². The molecule has 3 heterocycles. The second-order valence-corrected chi connectivity index (χ2v) is 7.52. The zero-order valence-electron chi connectivity index (χ0n) is 16.8. The second kappa shape index (κ2) is 7.20. The highest BCUT2D eigenvalue weighted by Crippen LogP contribution is 2.31. The summed E-state index contributed by atoms with van der Waals surface area (Å²) in [5.41, 5.74) is 3.47. The molecule has 8 nitrogen and oxygen atoms in total. The number of aromatic nitrogens is 3. The Morgan fingerprint density at radius 1 is 1.28 bits per heavy atom. The molecule has 3 aromatic rings. The zero-order valence-corrected chi connectivity index (χ0v) is 16.8. The minimum atomic E-state index is -0.268. The van der Waals surface area contributed by atoms with Gasteiger partial charge in [-0.25, -0.2) is 9.67 Å². The van der Waals surface area contributed by atoms with Gasteiger partial charge in [0.25, 0.3) is 11.8 Å². The maximum atomic E-state index is 13.0. The largest absolute Gasteiger partial charge is 0.482 e. The van der Waals surface area contributed by atoms with E-state index in [1.165, 1.54) is 0 Å². The van der Waals surface area contributed by atoms with E-state index in [4.69, 9.17) is 4.74 Å². The average molecular weight is 393 g/mol. The molecule has 2 aromatic heterocycles. The standard InChI is InChI=1S/C21H23N5O3/c1-11(2)26-20-16(9-22-26)15(7-12(3)23-20)21(28)24-13(4)14-5-6-18-17(8-14)25-19(27)10-29-18/h5-9,11,13H,10H2,1-4H3,(H,24,28)(H,25,27). The topological polar surface area (TPSA) is 98.1 Å². The summed E-state index contributed by atoms with van der Waals surface area (Å²) in [6.07, 6.45) is 1.69. The second-order valence-electron chi connectivity index (χ2n) is 7.52. The minimum absolute atomic E-state index is 0.0140. The van der Waals surface area contributed by atoms with Crippen LogP contribution in [0.4, 0.5) is 5.69 Å². The van der Waals surface area contributed by atoms with E-state index in [9.17, 15) is 9.59 Å². The summed E-state index contributed by atoms with van der Waals surface area (Å²) in [6.45, 7) is 7.82.